The highest BCUT2D eigenvalue weighted by Gasteiger charge is 2.32. The van der Waals surface area contributed by atoms with Crippen LogP contribution in [0.15, 0.2) is 18.2 Å². The number of anilines is 2. The molecule has 0 radical (unpaired) electrons. The molecule has 2 rings (SSSR count). The molecule has 0 bridgehead atoms. The van der Waals surface area contributed by atoms with Crippen LogP contribution in [-0.2, 0) is 4.79 Å². The van der Waals surface area contributed by atoms with E-state index in [1.807, 2.05) is 0 Å². The molecule has 1 fully saturated rings. The highest BCUT2D eigenvalue weighted by Crippen LogP contribution is 2.31. The minimum atomic E-state index is -0.507. The quantitative estimate of drug-likeness (QED) is 0.728. The first-order chi connectivity index (χ1) is 7.63. The number of carbonyl (C=O) groups is 1. The van der Waals surface area contributed by atoms with E-state index >= 15 is 0 Å². The van der Waals surface area contributed by atoms with Gasteiger partial charge in [-0.2, -0.15) is 0 Å². The van der Waals surface area contributed by atoms with Gasteiger partial charge in [-0.05, 0) is 12.1 Å². The second kappa shape index (κ2) is 4.09. The third kappa shape index (κ3) is 1.74. The van der Waals surface area contributed by atoms with Gasteiger partial charge >= 0.3 is 0 Å². The molecule has 0 spiro atoms. The highest BCUT2D eigenvalue weighted by atomic mass is 19.1. The summed E-state index contributed by atoms with van der Waals surface area (Å²) >= 11 is 0. The predicted octanol–water partition coefficient (Wildman–Crippen LogP) is 0.753. The molecule has 0 aromatic heterocycles. The summed E-state index contributed by atoms with van der Waals surface area (Å²) in [5.41, 5.74) is 6.02. The summed E-state index contributed by atoms with van der Waals surface area (Å²) in [7, 11) is 0. The summed E-state index contributed by atoms with van der Waals surface area (Å²) in [5.74, 6) is -0.839. The van der Waals surface area contributed by atoms with E-state index in [1.165, 1.54) is 17.0 Å². The zero-order valence-corrected chi connectivity index (χ0v) is 8.69. The Bertz CT molecular complexity index is 402. The molecule has 4 nitrogen and oxygen atoms in total. The zero-order valence-electron chi connectivity index (χ0n) is 8.69. The normalized spacial score (nSPS) is 20.5. The Labute approximate surface area is 92.5 Å². The fourth-order valence-corrected chi connectivity index (χ4v) is 1.94. The van der Waals surface area contributed by atoms with Crippen molar-refractivity contribution in [2.24, 2.45) is 5.92 Å². The van der Waals surface area contributed by atoms with Crippen LogP contribution in [0, 0.1) is 11.7 Å². The molecule has 1 heterocycles. The maximum absolute atomic E-state index is 13.6. The lowest BCUT2D eigenvalue weighted by Crippen LogP contribution is -2.26. The van der Waals surface area contributed by atoms with Gasteiger partial charge in [0, 0.05) is 25.5 Å². The third-order valence-corrected chi connectivity index (χ3v) is 2.75. The summed E-state index contributed by atoms with van der Waals surface area (Å²) in [5, 5.41) is 8.98. The van der Waals surface area contributed by atoms with Crippen molar-refractivity contribution in [2.45, 2.75) is 6.42 Å². The molecular weight excluding hydrogens is 211 g/mol. The smallest absolute Gasteiger partial charge is 0.227 e. The standard InChI is InChI=1S/C11H13FN2O2/c12-8-2-1-3-9(13)11(8)14-5-7(6-15)4-10(14)16/h1-3,7,15H,4-6,13H2. The number of rotatable bonds is 2. The maximum Gasteiger partial charge on any atom is 0.227 e. The minimum absolute atomic E-state index is 0.0728. The molecule has 0 aliphatic carbocycles. The van der Waals surface area contributed by atoms with Crippen molar-refractivity contribution in [1.82, 2.24) is 0 Å². The Morgan fingerprint density at radius 1 is 1.56 bits per heavy atom. The van der Waals surface area contributed by atoms with E-state index in [2.05, 4.69) is 0 Å². The number of carbonyl (C=O) groups excluding carboxylic acids is 1. The monoisotopic (exact) mass is 224 g/mol. The Balaban J connectivity index is 2.35. The molecular formula is C11H13FN2O2. The molecule has 1 atom stereocenters. The van der Waals surface area contributed by atoms with Gasteiger partial charge in [0.05, 0.1) is 5.69 Å². The van der Waals surface area contributed by atoms with E-state index in [1.54, 1.807) is 6.07 Å². The molecule has 0 saturated carbocycles. The first-order valence-corrected chi connectivity index (χ1v) is 5.08. The van der Waals surface area contributed by atoms with E-state index in [0.717, 1.165) is 0 Å². The average molecular weight is 224 g/mol. The average Bonchev–Trinajstić information content (AvgIpc) is 2.60. The van der Waals surface area contributed by atoms with E-state index in [0.29, 0.717) is 6.54 Å². The molecule has 1 unspecified atom stereocenters. The number of amides is 1. The summed E-state index contributed by atoms with van der Waals surface area (Å²) in [6, 6.07) is 4.32. The topological polar surface area (TPSA) is 66.6 Å². The number of aliphatic hydroxyl groups is 1. The molecule has 1 aromatic rings. The fourth-order valence-electron chi connectivity index (χ4n) is 1.94. The fraction of sp³-hybridized carbons (Fsp3) is 0.364. The first kappa shape index (κ1) is 10.9. The molecule has 1 saturated heterocycles. The van der Waals surface area contributed by atoms with Gasteiger partial charge in [0.1, 0.15) is 11.5 Å². The number of nitrogen functional groups attached to an aromatic ring is 1. The van der Waals surface area contributed by atoms with Crippen LogP contribution in [0.3, 0.4) is 0 Å². The lowest BCUT2D eigenvalue weighted by molar-refractivity contribution is -0.117. The zero-order chi connectivity index (χ0) is 11.7. The second-order valence-corrected chi connectivity index (χ2v) is 3.93. The minimum Gasteiger partial charge on any atom is -0.397 e. The van der Waals surface area contributed by atoms with Gasteiger partial charge in [0.15, 0.2) is 0 Å². The largest absolute Gasteiger partial charge is 0.397 e. The molecule has 5 heteroatoms. The third-order valence-electron chi connectivity index (χ3n) is 2.75. The predicted molar refractivity (Wildman–Crippen MR) is 58.4 cm³/mol. The van der Waals surface area contributed by atoms with Gasteiger partial charge < -0.3 is 15.7 Å². The van der Waals surface area contributed by atoms with Crippen molar-refractivity contribution < 1.29 is 14.3 Å². The van der Waals surface area contributed by atoms with Crippen molar-refractivity contribution in [2.75, 3.05) is 23.8 Å². The van der Waals surface area contributed by atoms with Crippen molar-refractivity contribution in [3.8, 4) is 0 Å². The van der Waals surface area contributed by atoms with Gasteiger partial charge in [-0.25, -0.2) is 4.39 Å². The Kier molecular flexibility index (Phi) is 2.78. The number of para-hydroxylation sites is 1. The van der Waals surface area contributed by atoms with Crippen molar-refractivity contribution >= 4 is 17.3 Å². The molecule has 16 heavy (non-hydrogen) atoms. The van der Waals surface area contributed by atoms with Crippen LogP contribution in [0.4, 0.5) is 15.8 Å². The van der Waals surface area contributed by atoms with Gasteiger partial charge in [0.2, 0.25) is 5.91 Å². The number of nitrogens with zero attached hydrogens (tertiary/aromatic N) is 1. The van der Waals surface area contributed by atoms with Crippen molar-refractivity contribution in [1.29, 1.82) is 0 Å². The van der Waals surface area contributed by atoms with Gasteiger partial charge in [-0.1, -0.05) is 6.07 Å². The lowest BCUT2D eigenvalue weighted by atomic mass is 10.1. The number of hydrogen-bond acceptors (Lipinski definition) is 3. The number of nitrogens with two attached hydrogens (primary N) is 1. The van der Waals surface area contributed by atoms with Gasteiger partial charge in [-0.15, -0.1) is 0 Å². The van der Waals surface area contributed by atoms with Crippen LogP contribution < -0.4 is 10.6 Å². The number of benzene rings is 1. The van der Waals surface area contributed by atoms with Crippen LogP contribution in [0.2, 0.25) is 0 Å². The molecule has 3 N–H and O–H groups in total. The van der Waals surface area contributed by atoms with Crippen LogP contribution in [0.25, 0.3) is 0 Å². The Morgan fingerprint density at radius 3 is 2.88 bits per heavy atom. The molecule has 1 aromatic carbocycles. The SMILES string of the molecule is Nc1cccc(F)c1N1CC(CO)CC1=O. The summed E-state index contributed by atoms with van der Waals surface area (Å²) in [6.07, 6.45) is 0.240. The van der Waals surface area contributed by atoms with Crippen molar-refractivity contribution in [3.05, 3.63) is 24.0 Å². The van der Waals surface area contributed by atoms with Crippen LogP contribution in [0.5, 0.6) is 0 Å². The molecule has 1 amide bonds. The summed E-state index contributed by atoms with van der Waals surface area (Å²) in [6.45, 7) is 0.247. The van der Waals surface area contributed by atoms with E-state index < -0.39 is 5.82 Å². The summed E-state index contributed by atoms with van der Waals surface area (Å²) in [4.78, 5) is 13.0. The van der Waals surface area contributed by atoms with Gasteiger partial charge in [-0.3, -0.25) is 4.79 Å². The van der Waals surface area contributed by atoms with E-state index in [9.17, 15) is 9.18 Å². The highest BCUT2D eigenvalue weighted by molar-refractivity contribution is 5.98. The number of halogens is 1. The maximum atomic E-state index is 13.6. The molecule has 86 valence electrons. The Hall–Kier alpha value is -1.62. The number of hydrogen-bond donors (Lipinski definition) is 2. The van der Waals surface area contributed by atoms with E-state index in [-0.39, 0.29) is 36.2 Å². The molecule has 1 aliphatic rings. The van der Waals surface area contributed by atoms with E-state index in [4.69, 9.17) is 10.8 Å². The Morgan fingerprint density at radius 2 is 2.31 bits per heavy atom. The van der Waals surface area contributed by atoms with Crippen LogP contribution >= 0.6 is 0 Å². The molecule has 1 aliphatic heterocycles. The lowest BCUT2D eigenvalue weighted by Gasteiger charge is -2.19. The first-order valence-electron chi connectivity index (χ1n) is 5.08. The van der Waals surface area contributed by atoms with Gasteiger partial charge in [0.25, 0.3) is 0 Å². The van der Waals surface area contributed by atoms with Crippen LogP contribution in [0.1, 0.15) is 6.42 Å². The number of aliphatic hydroxyl groups excluding tert-OH is 1. The van der Waals surface area contributed by atoms with Crippen molar-refractivity contribution in [3.63, 3.8) is 0 Å². The second-order valence-electron chi connectivity index (χ2n) is 3.93. The van der Waals surface area contributed by atoms with Crippen LogP contribution in [-0.4, -0.2) is 24.2 Å². The summed E-state index contributed by atoms with van der Waals surface area (Å²) < 4.78 is 13.6.